The normalized spacial score (nSPS) is 24.4. The van der Waals surface area contributed by atoms with Crippen molar-refractivity contribution in [3.05, 3.63) is 24.3 Å². The van der Waals surface area contributed by atoms with Gasteiger partial charge >= 0.3 is 6.09 Å². The molecule has 0 spiro atoms. The van der Waals surface area contributed by atoms with Crippen molar-refractivity contribution in [2.75, 3.05) is 52.4 Å². The third-order valence-electron chi connectivity index (χ3n) is 7.99. The Morgan fingerprint density at radius 2 is 1.40 bits per heavy atom. The van der Waals surface area contributed by atoms with Crippen molar-refractivity contribution in [3.63, 3.8) is 0 Å². The zero-order valence-electron chi connectivity index (χ0n) is 24.1. The van der Waals surface area contributed by atoms with E-state index in [-0.39, 0.29) is 40.2 Å². The first kappa shape index (κ1) is 30.7. The molecule has 0 N–H and O–H groups in total. The van der Waals surface area contributed by atoms with E-state index in [1.807, 2.05) is 25.7 Å². The minimum absolute atomic E-state index is 0.0111. The first-order valence-corrected chi connectivity index (χ1v) is 16.9. The van der Waals surface area contributed by atoms with Crippen molar-refractivity contribution in [1.82, 2.24) is 18.4 Å². The molecule has 13 heteroatoms. The summed E-state index contributed by atoms with van der Waals surface area (Å²) in [5.41, 5.74) is -0.560. The van der Waals surface area contributed by atoms with Crippen LogP contribution in [0, 0.1) is 17.8 Å². The van der Waals surface area contributed by atoms with E-state index < -0.39 is 31.6 Å². The fraction of sp³-hybridized carbons (Fsp3) is 0.704. The van der Waals surface area contributed by atoms with Crippen molar-refractivity contribution in [2.45, 2.75) is 62.9 Å². The Balaban J connectivity index is 1.38. The van der Waals surface area contributed by atoms with Crippen molar-refractivity contribution in [1.29, 1.82) is 0 Å². The molecule has 224 valence electrons. The molecule has 0 aromatic heterocycles. The molecule has 2 unspecified atom stereocenters. The van der Waals surface area contributed by atoms with Crippen LogP contribution in [-0.2, 0) is 29.6 Å². The van der Waals surface area contributed by atoms with Crippen LogP contribution < -0.4 is 0 Å². The molecule has 0 radical (unpaired) electrons. The number of ether oxygens (including phenoxy) is 1. The number of likely N-dealkylation sites (tertiary alicyclic amines) is 2. The summed E-state index contributed by atoms with van der Waals surface area (Å²) in [5.74, 6) is -0.109. The van der Waals surface area contributed by atoms with Crippen LogP contribution in [-0.4, -0.2) is 105 Å². The maximum atomic E-state index is 13.4. The molecule has 0 saturated carbocycles. The van der Waals surface area contributed by atoms with Gasteiger partial charge in [-0.1, -0.05) is 13.8 Å². The highest BCUT2D eigenvalue weighted by atomic mass is 32.2. The Hall–Kier alpha value is -2.22. The topological polar surface area (TPSA) is 125 Å². The maximum Gasteiger partial charge on any atom is 0.410 e. The fourth-order valence-electron chi connectivity index (χ4n) is 5.91. The number of nitrogens with zero attached hydrogens (tertiary/aromatic N) is 4. The first-order chi connectivity index (χ1) is 18.7. The SMILES string of the molecule is CCN(CC)S(=O)(=O)c1ccc(S(=O)(=O)N2CCC[C@@H](C(=O)N3CC4CN(C(=O)OC(C)(C)C)CC4C3)C2)cc1. The molecule has 1 aromatic rings. The Morgan fingerprint density at radius 1 is 0.875 bits per heavy atom. The Bertz CT molecular complexity index is 1290. The lowest BCUT2D eigenvalue weighted by atomic mass is 9.98. The van der Waals surface area contributed by atoms with Crippen LogP contribution in [0.25, 0.3) is 0 Å². The second-order valence-electron chi connectivity index (χ2n) is 11.9. The molecule has 3 fully saturated rings. The van der Waals surface area contributed by atoms with Gasteiger partial charge in [-0.2, -0.15) is 8.61 Å². The van der Waals surface area contributed by atoms with E-state index in [1.165, 1.54) is 32.9 Å². The van der Waals surface area contributed by atoms with E-state index >= 15 is 0 Å². The number of sulfonamides is 2. The molecular weight excluding hydrogens is 556 g/mol. The first-order valence-electron chi connectivity index (χ1n) is 14.0. The molecule has 0 aliphatic carbocycles. The molecule has 2 amide bonds. The van der Waals surface area contributed by atoms with Gasteiger partial charge in [-0.3, -0.25) is 4.79 Å². The Morgan fingerprint density at radius 3 is 1.93 bits per heavy atom. The Kier molecular flexibility index (Phi) is 8.89. The molecule has 3 saturated heterocycles. The quantitative estimate of drug-likeness (QED) is 0.472. The highest BCUT2D eigenvalue weighted by Gasteiger charge is 2.45. The summed E-state index contributed by atoms with van der Waals surface area (Å²) in [6, 6.07) is 5.32. The molecule has 3 atom stereocenters. The van der Waals surface area contributed by atoms with Crippen LogP contribution >= 0.6 is 0 Å². The highest BCUT2D eigenvalue weighted by molar-refractivity contribution is 7.89. The molecule has 3 aliphatic heterocycles. The molecule has 40 heavy (non-hydrogen) atoms. The second kappa shape index (κ2) is 11.6. The van der Waals surface area contributed by atoms with Gasteiger partial charge in [0.05, 0.1) is 15.7 Å². The van der Waals surface area contributed by atoms with E-state index in [0.717, 1.165) is 0 Å². The van der Waals surface area contributed by atoms with Crippen molar-refractivity contribution < 1.29 is 31.2 Å². The van der Waals surface area contributed by atoms with Gasteiger partial charge in [-0.25, -0.2) is 21.6 Å². The lowest BCUT2D eigenvalue weighted by Crippen LogP contribution is -2.47. The predicted octanol–water partition coefficient (Wildman–Crippen LogP) is 2.44. The summed E-state index contributed by atoms with van der Waals surface area (Å²) in [5, 5.41) is 0. The maximum absolute atomic E-state index is 13.4. The molecule has 3 aliphatic rings. The van der Waals surface area contributed by atoms with Gasteiger partial charge in [0, 0.05) is 64.2 Å². The van der Waals surface area contributed by atoms with Crippen LogP contribution in [0.4, 0.5) is 4.79 Å². The smallest absolute Gasteiger partial charge is 0.410 e. The molecule has 0 bridgehead atoms. The third kappa shape index (κ3) is 6.32. The largest absolute Gasteiger partial charge is 0.444 e. The van der Waals surface area contributed by atoms with Gasteiger partial charge in [0.2, 0.25) is 26.0 Å². The monoisotopic (exact) mass is 598 g/mol. The summed E-state index contributed by atoms with van der Waals surface area (Å²) < 4.78 is 60.6. The summed E-state index contributed by atoms with van der Waals surface area (Å²) in [7, 11) is -7.59. The van der Waals surface area contributed by atoms with Gasteiger partial charge in [0.1, 0.15) is 5.60 Å². The van der Waals surface area contributed by atoms with Crippen LogP contribution in [0.15, 0.2) is 34.1 Å². The van der Waals surface area contributed by atoms with Gasteiger partial charge in [0.25, 0.3) is 0 Å². The van der Waals surface area contributed by atoms with Gasteiger partial charge in [0.15, 0.2) is 0 Å². The number of rotatable bonds is 7. The van der Waals surface area contributed by atoms with Crippen LogP contribution in [0.2, 0.25) is 0 Å². The number of carbonyl (C=O) groups is 2. The van der Waals surface area contributed by atoms with E-state index in [1.54, 1.807) is 18.7 Å². The number of piperidine rings is 1. The minimum atomic E-state index is -3.90. The van der Waals surface area contributed by atoms with Crippen LogP contribution in [0.5, 0.6) is 0 Å². The third-order valence-corrected chi connectivity index (χ3v) is 11.9. The summed E-state index contributed by atoms with van der Waals surface area (Å²) >= 11 is 0. The molecule has 4 rings (SSSR count). The molecule has 3 heterocycles. The standard InChI is InChI=1S/C27H42N4O7S2/c1-6-30(7-2)39(34,35)23-10-12-24(13-11-23)40(36,37)31-14-8-9-20(19-31)25(32)28-15-21-17-29(18-22(21)16-28)26(33)38-27(3,4)5/h10-13,20-22H,6-9,14-19H2,1-5H3/t20-,21?,22?/m1/s1. The van der Waals surface area contributed by atoms with E-state index in [0.29, 0.717) is 58.7 Å². The lowest BCUT2D eigenvalue weighted by Gasteiger charge is -2.33. The summed E-state index contributed by atoms with van der Waals surface area (Å²) in [4.78, 5) is 29.5. The van der Waals surface area contributed by atoms with Crippen LogP contribution in [0.1, 0.15) is 47.5 Å². The second-order valence-corrected chi connectivity index (χ2v) is 15.8. The van der Waals surface area contributed by atoms with Crippen molar-refractivity contribution in [2.24, 2.45) is 17.8 Å². The number of hydrogen-bond donors (Lipinski definition) is 0. The lowest BCUT2D eigenvalue weighted by molar-refractivity contribution is -0.136. The van der Waals surface area contributed by atoms with Crippen molar-refractivity contribution in [3.8, 4) is 0 Å². The minimum Gasteiger partial charge on any atom is -0.444 e. The molecular formula is C27H42N4O7S2. The number of carbonyl (C=O) groups excluding carboxylic acids is 2. The zero-order chi connectivity index (χ0) is 29.5. The summed E-state index contributed by atoms with van der Waals surface area (Å²) in [6.07, 6.45) is 0.852. The number of fused-ring (bicyclic) bond motifs is 1. The van der Waals surface area contributed by atoms with Gasteiger partial charge in [-0.05, 0) is 57.9 Å². The Labute approximate surface area is 238 Å². The van der Waals surface area contributed by atoms with E-state index in [9.17, 15) is 26.4 Å². The zero-order valence-corrected chi connectivity index (χ0v) is 25.7. The van der Waals surface area contributed by atoms with Crippen molar-refractivity contribution >= 4 is 32.0 Å². The molecule has 11 nitrogen and oxygen atoms in total. The van der Waals surface area contributed by atoms with Gasteiger partial charge < -0.3 is 14.5 Å². The van der Waals surface area contributed by atoms with Gasteiger partial charge in [-0.15, -0.1) is 0 Å². The van der Waals surface area contributed by atoms with Crippen LogP contribution in [0.3, 0.4) is 0 Å². The number of amides is 2. The summed E-state index contributed by atoms with van der Waals surface area (Å²) in [6.45, 7) is 12.3. The predicted molar refractivity (Wildman–Crippen MR) is 149 cm³/mol. The molecule has 1 aromatic carbocycles. The fourth-order valence-corrected chi connectivity index (χ4v) is 8.90. The average Bonchev–Trinajstić information content (AvgIpc) is 3.48. The number of hydrogen-bond acceptors (Lipinski definition) is 7. The highest BCUT2D eigenvalue weighted by Crippen LogP contribution is 2.34. The average molecular weight is 599 g/mol. The van der Waals surface area contributed by atoms with E-state index in [2.05, 4.69) is 0 Å². The van der Waals surface area contributed by atoms with E-state index in [4.69, 9.17) is 4.74 Å². The number of benzene rings is 1.